The zero-order chi connectivity index (χ0) is 7.98. The van der Waals surface area contributed by atoms with E-state index in [1.807, 2.05) is 0 Å². The van der Waals surface area contributed by atoms with E-state index in [1.165, 1.54) is 0 Å². The first kappa shape index (κ1) is 8.84. The maximum Gasteiger partial charge on any atom is 0.338 e. The molecule has 0 atom stereocenters. The van der Waals surface area contributed by atoms with Crippen LogP contribution in [0.25, 0.3) is 0 Å². The number of carbonyl (C=O) groups is 2. The number of ether oxygens (including phenoxy) is 1. The molecule has 0 saturated carbocycles. The summed E-state index contributed by atoms with van der Waals surface area (Å²) in [5.74, 6) is -1.16. The second-order valence-electron chi connectivity index (χ2n) is 1.39. The van der Waals surface area contributed by atoms with E-state index in [4.69, 9.17) is 5.11 Å². The topological polar surface area (TPSA) is 63.6 Å². The third-order valence-corrected chi connectivity index (χ3v) is 0.557. The van der Waals surface area contributed by atoms with Crippen molar-refractivity contribution in [3.8, 4) is 0 Å². The Morgan fingerprint density at radius 2 is 1.70 bits per heavy atom. The van der Waals surface area contributed by atoms with Gasteiger partial charge in [0.05, 0.1) is 0 Å². The van der Waals surface area contributed by atoms with Gasteiger partial charge in [-0.1, -0.05) is 0 Å². The minimum Gasteiger partial charge on any atom is -0.397 e. The van der Waals surface area contributed by atoms with Crippen LogP contribution in [0, 0.1) is 0 Å². The Morgan fingerprint density at radius 3 is 1.80 bits per heavy atom. The molecule has 0 aromatic carbocycles. The van der Waals surface area contributed by atoms with Crippen LogP contribution in [-0.2, 0) is 14.3 Å². The van der Waals surface area contributed by atoms with E-state index in [1.54, 1.807) is 6.92 Å². The van der Waals surface area contributed by atoms with Crippen molar-refractivity contribution in [2.24, 2.45) is 0 Å². The predicted molar refractivity (Wildman–Crippen MR) is 33.0 cm³/mol. The van der Waals surface area contributed by atoms with Crippen molar-refractivity contribution in [3.63, 3.8) is 0 Å². The van der Waals surface area contributed by atoms with Gasteiger partial charge in [0.1, 0.15) is 0 Å². The monoisotopic (exact) mass is 144 g/mol. The number of hydrogen-bond donors (Lipinski definition) is 1. The molecule has 0 unspecified atom stereocenters. The lowest BCUT2D eigenvalue weighted by Crippen LogP contribution is -1.96. The third kappa shape index (κ3) is 3.80. The average molecular weight is 144 g/mol. The summed E-state index contributed by atoms with van der Waals surface area (Å²) in [5, 5.41) is 7.57. The average Bonchev–Trinajstić information content (AvgIpc) is 2.17. The molecule has 1 rings (SSSR count). The van der Waals surface area contributed by atoms with E-state index < -0.39 is 11.9 Å². The van der Waals surface area contributed by atoms with E-state index in [0.29, 0.717) is 0 Å². The summed E-state index contributed by atoms with van der Waals surface area (Å²) in [6.07, 6.45) is 2.17. The molecule has 4 heteroatoms. The summed E-state index contributed by atoms with van der Waals surface area (Å²) in [4.78, 5) is 19.8. The molecule has 56 valence electrons. The molecule has 0 aromatic rings. The maximum absolute atomic E-state index is 9.92. The van der Waals surface area contributed by atoms with Crippen LogP contribution in [-0.4, -0.2) is 23.7 Å². The zero-order valence-corrected chi connectivity index (χ0v) is 5.53. The van der Waals surface area contributed by atoms with Gasteiger partial charge in [-0.05, 0) is 6.92 Å². The lowest BCUT2D eigenvalue weighted by Gasteiger charge is -1.80. The molecule has 0 aliphatic carbocycles. The first-order valence-electron chi connectivity index (χ1n) is 2.75. The molecule has 0 saturated heterocycles. The fourth-order valence-corrected chi connectivity index (χ4v) is 0.303. The number of cyclic esters (lactones) is 2. The highest BCUT2D eigenvalue weighted by Gasteiger charge is 2.10. The number of esters is 2. The molecule has 1 aliphatic heterocycles. The minimum absolute atomic E-state index is 0.250. The molecule has 1 N–H and O–H groups in total. The van der Waals surface area contributed by atoms with Crippen molar-refractivity contribution >= 4 is 11.9 Å². The van der Waals surface area contributed by atoms with Crippen molar-refractivity contribution in [1.82, 2.24) is 0 Å². The van der Waals surface area contributed by atoms with Crippen LogP contribution in [0.15, 0.2) is 12.2 Å². The van der Waals surface area contributed by atoms with E-state index in [-0.39, 0.29) is 6.61 Å². The van der Waals surface area contributed by atoms with Gasteiger partial charge in [0.15, 0.2) is 0 Å². The Morgan fingerprint density at radius 1 is 1.40 bits per heavy atom. The van der Waals surface area contributed by atoms with Crippen molar-refractivity contribution < 1.29 is 19.4 Å². The van der Waals surface area contributed by atoms with Gasteiger partial charge >= 0.3 is 11.9 Å². The minimum atomic E-state index is -0.579. The molecule has 1 heterocycles. The molecular weight excluding hydrogens is 136 g/mol. The quantitative estimate of drug-likeness (QED) is 0.372. The van der Waals surface area contributed by atoms with Gasteiger partial charge in [-0.2, -0.15) is 0 Å². The van der Waals surface area contributed by atoms with Gasteiger partial charge in [0.25, 0.3) is 0 Å². The number of rotatable bonds is 0. The highest BCUT2D eigenvalue weighted by Crippen LogP contribution is 1.92. The van der Waals surface area contributed by atoms with Crippen molar-refractivity contribution in [2.45, 2.75) is 6.92 Å². The van der Waals surface area contributed by atoms with Gasteiger partial charge in [-0.15, -0.1) is 0 Å². The second-order valence-corrected chi connectivity index (χ2v) is 1.39. The summed E-state index contributed by atoms with van der Waals surface area (Å²) in [6.45, 7) is 1.93. The number of carbonyl (C=O) groups excluding carboxylic acids is 2. The Bertz CT molecular complexity index is 143. The lowest BCUT2D eigenvalue weighted by atomic mass is 10.6. The Hall–Kier alpha value is -1.16. The van der Waals surface area contributed by atoms with Crippen molar-refractivity contribution in [1.29, 1.82) is 0 Å². The van der Waals surface area contributed by atoms with Crippen LogP contribution in [0.2, 0.25) is 0 Å². The standard InChI is InChI=1S/C4H2O3.C2H6O/c5-3-1-2-4(6)7-3;1-2-3/h1-2H;3H,2H2,1H3. The maximum atomic E-state index is 9.92. The van der Waals surface area contributed by atoms with Crippen LogP contribution < -0.4 is 0 Å². The number of aliphatic hydroxyl groups is 1. The Balaban J connectivity index is 0.000000236. The molecule has 0 bridgehead atoms. The van der Waals surface area contributed by atoms with Crippen molar-refractivity contribution in [2.75, 3.05) is 6.61 Å². The summed E-state index contributed by atoms with van der Waals surface area (Å²) >= 11 is 0. The molecule has 10 heavy (non-hydrogen) atoms. The van der Waals surface area contributed by atoms with Gasteiger partial charge in [-0.25, -0.2) is 9.59 Å². The van der Waals surface area contributed by atoms with E-state index in [0.717, 1.165) is 12.2 Å². The molecule has 4 nitrogen and oxygen atoms in total. The SMILES string of the molecule is CCO.O=C1C=CC(=O)O1. The summed E-state index contributed by atoms with van der Waals surface area (Å²) in [7, 11) is 0. The fourth-order valence-electron chi connectivity index (χ4n) is 0.303. The smallest absolute Gasteiger partial charge is 0.338 e. The summed E-state index contributed by atoms with van der Waals surface area (Å²) in [6, 6.07) is 0. The Labute approximate surface area is 58.1 Å². The van der Waals surface area contributed by atoms with E-state index in [2.05, 4.69) is 4.74 Å². The van der Waals surface area contributed by atoms with Gasteiger partial charge in [-0.3, -0.25) is 0 Å². The lowest BCUT2D eigenvalue weighted by molar-refractivity contribution is -0.150. The molecule has 0 fully saturated rings. The first-order chi connectivity index (χ1) is 4.70. The van der Waals surface area contributed by atoms with Gasteiger partial charge in [0, 0.05) is 18.8 Å². The first-order valence-corrected chi connectivity index (χ1v) is 2.75. The van der Waals surface area contributed by atoms with E-state index in [9.17, 15) is 9.59 Å². The zero-order valence-electron chi connectivity index (χ0n) is 5.53. The largest absolute Gasteiger partial charge is 0.397 e. The van der Waals surface area contributed by atoms with Crippen LogP contribution in [0.4, 0.5) is 0 Å². The van der Waals surface area contributed by atoms with Gasteiger partial charge < -0.3 is 9.84 Å². The van der Waals surface area contributed by atoms with Crippen LogP contribution >= 0.6 is 0 Å². The molecular formula is C6H8O4. The Kier molecular flexibility index (Phi) is 4.15. The van der Waals surface area contributed by atoms with Gasteiger partial charge in [0.2, 0.25) is 0 Å². The number of aliphatic hydroxyl groups excluding tert-OH is 1. The molecule has 0 amide bonds. The highest BCUT2D eigenvalue weighted by atomic mass is 16.6. The van der Waals surface area contributed by atoms with Crippen LogP contribution in [0.1, 0.15) is 6.92 Å². The van der Waals surface area contributed by atoms with Crippen LogP contribution in [0.3, 0.4) is 0 Å². The molecule has 0 spiro atoms. The molecule has 1 aliphatic rings. The fraction of sp³-hybridized carbons (Fsp3) is 0.333. The molecule has 0 radical (unpaired) electrons. The molecule has 0 aromatic heterocycles. The predicted octanol–water partition coefficient (Wildman–Crippen LogP) is -0.375. The summed E-state index contributed by atoms with van der Waals surface area (Å²) < 4.78 is 3.97. The van der Waals surface area contributed by atoms with E-state index >= 15 is 0 Å². The van der Waals surface area contributed by atoms with Crippen molar-refractivity contribution in [3.05, 3.63) is 12.2 Å². The number of hydrogen-bond acceptors (Lipinski definition) is 4. The second kappa shape index (κ2) is 4.69. The third-order valence-electron chi connectivity index (χ3n) is 0.557. The highest BCUT2D eigenvalue weighted by molar-refractivity contribution is 6.04. The van der Waals surface area contributed by atoms with Crippen LogP contribution in [0.5, 0.6) is 0 Å². The normalized spacial score (nSPS) is 14.2. The summed E-state index contributed by atoms with van der Waals surface area (Å²) in [5.41, 5.74) is 0.